The van der Waals surface area contributed by atoms with Gasteiger partial charge in [0, 0.05) is 13.1 Å². The topological polar surface area (TPSA) is 123 Å². The molecule has 0 bridgehead atoms. The lowest BCUT2D eigenvalue weighted by atomic mass is 10.1. The van der Waals surface area contributed by atoms with Gasteiger partial charge < -0.3 is 20.3 Å². The summed E-state index contributed by atoms with van der Waals surface area (Å²) < 4.78 is 18.6. The van der Waals surface area contributed by atoms with Crippen LogP contribution in [0.5, 0.6) is 0 Å². The molecular weight excluding hydrogens is 289 g/mol. The normalized spacial score (nSPS) is 28.6. The highest BCUT2D eigenvalue weighted by Crippen LogP contribution is 2.30. The largest absolute Gasteiger partial charge is 0.394 e. The van der Waals surface area contributed by atoms with Crippen LogP contribution in [-0.4, -0.2) is 50.6 Å². The lowest BCUT2D eigenvalue weighted by Crippen LogP contribution is -2.36. The molecule has 0 spiro atoms. The molecule has 9 nitrogen and oxygen atoms in total. The Hall–Kier alpha value is -1.88. The molecule has 116 valence electrons. The minimum Gasteiger partial charge on any atom is -0.394 e. The van der Waals surface area contributed by atoms with E-state index < -0.39 is 42.7 Å². The molecule has 1 aromatic rings. The van der Waals surface area contributed by atoms with Crippen molar-refractivity contribution in [1.82, 2.24) is 9.55 Å². The van der Waals surface area contributed by atoms with Crippen LogP contribution in [0, 0.1) is 0 Å². The number of amides is 1. The van der Waals surface area contributed by atoms with Crippen molar-refractivity contribution < 1.29 is 29.2 Å². The third-order valence-corrected chi connectivity index (χ3v) is 3.00. The third-order valence-electron chi connectivity index (χ3n) is 3.00. The second kappa shape index (κ2) is 6.26. The highest BCUT2D eigenvalue weighted by atomic mass is 19.3. The van der Waals surface area contributed by atoms with Crippen molar-refractivity contribution in [3.63, 3.8) is 0 Å². The van der Waals surface area contributed by atoms with Crippen molar-refractivity contribution in [2.75, 3.05) is 11.9 Å². The first-order valence-corrected chi connectivity index (χ1v) is 6.06. The molecule has 2 unspecified atom stereocenters. The summed E-state index contributed by atoms with van der Waals surface area (Å²) >= 11 is 0. The van der Waals surface area contributed by atoms with Crippen molar-refractivity contribution in [2.45, 2.75) is 31.5 Å². The lowest BCUT2D eigenvalue weighted by Gasteiger charge is -2.17. The molecule has 1 aromatic heterocycles. The van der Waals surface area contributed by atoms with E-state index in [0.29, 0.717) is 0 Å². The summed E-state index contributed by atoms with van der Waals surface area (Å²) in [7, 11) is 0. The first-order valence-electron chi connectivity index (χ1n) is 6.06. The van der Waals surface area contributed by atoms with Gasteiger partial charge in [0.2, 0.25) is 5.91 Å². The highest BCUT2D eigenvalue weighted by Gasteiger charge is 2.46. The number of nitrogens with zero attached hydrogens (tertiary/aromatic N) is 2. The number of halogens is 1. The minimum absolute atomic E-state index is 0.0266. The van der Waals surface area contributed by atoms with Crippen LogP contribution in [0.4, 0.5) is 10.3 Å². The fourth-order valence-corrected chi connectivity index (χ4v) is 2.05. The number of ether oxygens (including phenoxy) is 1. The maximum absolute atomic E-state index is 12.6. The van der Waals surface area contributed by atoms with Gasteiger partial charge in [-0.3, -0.25) is 9.36 Å². The molecule has 10 heteroatoms. The molecule has 3 N–H and O–H groups in total. The van der Waals surface area contributed by atoms with Crippen LogP contribution in [-0.2, 0) is 14.5 Å². The zero-order valence-electron chi connectivity index (χ0n) is 11.0. The molecule has 1 fully saturated rings. The van der Waals surface area contributed by atoms with E-state index in [4.69, 9.17) is 9.84 Å². The van der Waals surface area contributed by atoms with Crippen LogP contribution < -0.4 is 11.0 Å². The summed E-state index contributed by atoms with van der Waals surface area (Å²) in [5.74, 6) is -0.378. The van der Waals surface area contributed by atoms with Crippen molar-refractivity contribution in [3.8, 4) is 0 Å². The monoisotopic (exact) mass is 303 g/mol. The van der Waals surface area contributed by atoms with Crippen LogP contribution in [0.1, 0.15) is 13.2 Å². The van der Waals surface area contributed by atoms with Crippen molar-refractivity contribution in [2.24, 2.45) is 0 Å². The fraction of sp³-hybridized carbons (Fsp3) is 0.545. The van der Waals surface area contributed by atoms with Gasteiger partial charge in [-0.1, -0.05) is 0 Å². The molecule has 0 aliphatic carbocycles. The van der Waals surface area contributed by atoms with E-state index in [9.17, 15) is 19.2 Å². The smallest absolute Gasteiger partial charge is 0.351 e. The van der Waals surface area contributed by atoms with Crippen molar-refractivity contribution in [1.29, 1.82) is 0 Å². The Labute approximate surface area is 117 Å². The number of hydrogen-bond acceptors (Lipinski definition) is 7. The number of aromatic nitrogens is 2. The number of rotatable bonds is 4. The van der Waals surface area contributed by atoms with Crippen LogP contribution in [0.25, 0.3) is 0 Å². The standard InChI is InChI=1S/C11H14FN3O6/c1-5(17)13-7-2-3-15(11(19)14-7)10-9(21-12)8(18)6(4-16)20-10/h2-3,6,8-10,16,18H,4H2,1H3,(H,13,14,17,19)/t6-,8?,9?,10-/m1/s1. The van der Waals surface area contributed by atoms with Gasteiger partial charge in [-0.05, 0) is 10.6 Å². The van der Waals surface area contributed by atoms with Crippen LogP contribution >= 0.6 is 0 Å². The molecule has 0 saturated carbocycles. The van der Waals surface area contributed by atoms with Crippen molar-refractivity contribution in [3.05, 3.63) is 22.7 Å². The molecule has 21 heavy (non-hydrogen) atoms. The molecule has 0 aromatic carbocycles. The van der Waals surface area contributed by atoms with E-state index in [0.717, 1.165) is 4.57 Å². The Morgan fingerprint density at radius 2 is 2.38 bits per heavy atom. The number of hydrogen-bond donors (Lipinski definition) is 3. The minimum atomic E-state index is -1.48. The summed E-state index contributed by atoms with van der Waals surface area (Å²) in [6, 6.07) is 1.31. The second-order valence-electron chi connectivity index (χ2n) is 4.48. The SMILES string of the molecule is CC(=O)Nc1ccn([C@@H]2O[C@H](CO)C(O)C2OF)c(=O)n1. The summed E-state index contributed by atoms with van der Waals surface area (Å²) in [6.45, 7) is 0.687. The number of aliphatic hydroxyl groups is 2. The van der Waals surface area contributed by atoms with E-state index in [1.165, 1.54) is 19.2 Å². The van der Waals surface area contributed by atoms with E-state index >= 15 is 0 Å². The fourth-order valence-electron chi connectivity index (χ4n) is 2.05. The zero-order valence-corrected chi connectivity index (χ0v) is 11.0. The van der Waals surface area contributed by atoms with Gasteiger partial charge in [-0.25, -0.2) is 4.79 Å². The molecule has 2 heterocycles. The number of anilines is 1. The van der Waals surface area contributed by atoms with Gasteiger partial charge in [0.15, 0.2) is 12.3 Å². The molecule has 0 radical (unpaired) electrons. The number of carbonyl (C=O) groups is 1. The first kappa shape index (κ1) is 15.5. The molecular formula is C11H14FN3O6. The van der Waals surface area contributed by atoms with Gasteiger partial charge in [0.25, 0.3) is 0 Å². The van der Waals surface area contributed by atoms with Crippen LogP contribution in [0.3, 0.4) is 0 Å². The van der Waals surface area contributed by atoms with Gasteiger partial charge in [-0.15, -0.1) is 0 Å². The zero-order chi connectivity index (χ0) is 15.6. The molecule has 2 rings (SSSR count). The third kappa shape index (κ3) is 3.08. The van der Waals surface area contributed by atoms with Gasteiger partial charge in [-0.2, -0.15) is 9.93 Å². The van der Waals surface area contributed by atoms with Crippen LogP contribution in [0.2, 0.25) is 0 Å². The predicted octanol–water partition coefficient (Wildman–Crippen LogP) is -1.28. The molecule has 1 aliphatic rings. The summed E-state index contributed by atoms with van der Waals surface area (Å²) in [6.07, 6.45) is -4.07. The highest BCUT2D eigenvalue weighted by molar-refractivity contribution is 5.87. The second-order valence-corrected chi connectivity index (χ2v) is 4.48. The van der Waals surface area contributed by atoms with E-state index in [1.807, 2.05) is 0 Å². The summed E-state index contributed by atoms with van der Waals surface area (Å²) in [5, 5.41) is 21.0. The number of carbonyl (C=O) groups excluding carboxylic acids is 1. The van der Waals surface area contributed by atoms with E-state index in [2.05, 4.69) is 15.2 Å². The Morgan fingerprint density at radius 1 is 1.67 bits per heavy atom. The number of nitrogens with one attached hydrogen (secondary N) is 1. The Kier molecular flexibility index (Phi) is 4.63. The Bertz CT molecular complexity index is 579. The molecule has 1 saturated heterocycles. The number of aliphatic hydroxyl groups excluding tert-OH is 2. The molecule has 1 aliphatic heterocycles. The maximum Gasteiger partial charge on any atom is 0.351 e. The Morgan fingerprint density at radius 3 is 2.90 bits per heavy atom. The maximum atomic E-state index is 12.6. The molecule has 1 amide bonds. The predicted molar refractivity (Wildman–Crippen MR) is 65.8 cm³/mol. The van der Waals surface area contributed by atoms with Gasteiger partial charge >= 0.3 is 5.69 Å². The average molecular weight is 303 g/mol. The average Bonchev–Trinajstić information content (AvgIpc) is 2.74. The summed E-state index contributed by atoms with van der Waals surface area (Å²) in [4.78, 5) is 29.9. The van der Waals surface area contributed by atoms with Crippen LogP contribution in [0.15, 0.2) is 17.1 Å². The Balaban J connectivity index is 2.29. The van der Waals surface area contributed by atoms with E-state index in [-0.39, 0.29) is 5.82 Å². The lowest BCUT2D eigenvalue weighted by molar-refractivity contribution is -0.221. The quantitative estimate of drug-likeness (QED) is 0.633. The first-order chi connectivity index (χ1) is 9.97. The summed E-state index contributed by atoms with van der Waals surface area (Å²) in [5.41, 5.74) is -0.834. The van der Waals surface area contributed by atoms with E-state index in [1.54, 1.807) is 0 Å². The van der Waals surface area contributed by atoms with Gasteiger partial charge in [0.1, 0.15) is 18.0 Å². The molecule has 4 atom stereocenters. The van der Waals surface area contributed by atoms with Gasteiger partial charge in [0.05, 0.1) is 6.61 Å². The van der Waals surface area contributed by atoms with Crippen molar-refractivity contribution >= 4 is 11.7 Å².